The van der Waals surface area contributed by atoms with E-state index in [9.17, 15) is 0 Å². The molecular weight excluding hydrogens is 236 g/mol. The zero-order valence-electron chi connectivity index (χ0n) is 12.5. The topological polar surface area (TPSA) is 34.2 Å². The lowest BCUT2D eigenvalue weighted by molar-refractivity contribution is 0.0250. The first kappa shape index (κ1) is 14.5. The molecule has 0 saturated carbocycles. The number of nitrogens with one attached hydrogen (secondary N) is 1. The van der Waals surface area contributed by atoms with E-state index in [0.717, 1.165) is 13.0 Å². The van der Waals surface area contributed by atoms with Gasteiger partial charge in [0.2, 0.25) is 0 Å². The van der Waals surface area contributed by atoms with Gasteiger partial charge in [0.05, 0.1) is 6.10 Å². The molecule has 0 radical (unpaired) electrons. The van der Waals surface area contributed by atoms with Gasteiger partial charge < -0.3 is 10.1 Å². The smallest absolute Gasteiger partial charge is 0.0753 e. The molecule has 1 aromatic rings. The molecule has 106 valence electrons. The van der Waals surface area contributed by atoms with Crippen LogP contribution in [-0.4, -0.2) is 30.8 Å². The number of likely N-dealkylation sites (N-methyl/N-ethyl adjacent to an activating group) is 1. The van der Waals surface area contributed by atoms with Gasteiger partial charge in [0.15, 0.2) is 0 Å². The summed E-state index contributed by atoms with van der Waals surface area (Å²) in [6, 6.07) is 4.61. The predicted molar refractivity (Wildman–Crippen MR) is 78.4 cm³/mol. The van der Waals surface area contributed by atoms with E-state index in [-0.39, 0.29) is 6.10 Å². The summed E-state index contributed by atoms with van der Waals surface area (Å²) in [5, 5.41) is 3.63. The highest BCUT2D eigenvalue weighted by Gasteiger charge is 2.36. The molecule has 3 nitrogen and oxygen atoms in total. The van der Waals surface area contributed by atoms with Crippen LogP contribution in [0.4, 0.5) is 0 Å². The second-order valence-electron chi connectivity index (χ2n) is 5.72. The molecule has 1 aliphatic carbocycles. The number of aromatic nitrogens is 1. The third-order valence-electron chi connectivity index (χ3n) is 4.16. The molecule has 3 atom stereocenters. The summed E-state index contributed by atoms with van der Waals surface area (Å²) in [6.07, 6.45) is 4.47. The second-order valence-corrected chi connectivity index (χ2v) is 5.72. The van der Waals surface area contributed by atoms with E-state index >= 15 is 0 Å². The van der Waals surface area contributed by atoms with Crippen molar-refractivity contribution in [3.8, 4) is 0 Å². The van der Waals surface area contributed by atoms with Gasteiger partial charge in [0, 0.05) is 31.0 Å². The number of fused-ring (bicyclic) bond motifs is 1. The van der Waals surface area contributed by atoms with Gasteiger partial charge in [-0.05, 0) is 36.9 Å². The molecule has 0 spiro atoms. The highest BCUT2D eigenvalue weighted by Crippen LogP contribution is 2.36. The van der Waals surface area contributed by atoms with Gasteiger partial charge in [-0.1, -0.05) is 26.8 Å². The van der Waals surface area contributed by atoms with Crippen LogP contribution in [0.15, 0.2) is 18.3 Å². The van der Waals surface area contributed by atoms with Crippen LogP contribution in [0.2, 0.25) is 0 Å². The first-order chi connectivity index (χ1) is 9.19. The van der Waals surface area contributed by atoms with Crippen LogP contribution in [0.1, 0.15) is 44.4 Å². The maximum absolute atomic E-state index is 5.76. The number of pyridine rings is 1. The Morgan fingerprint density at radius 3 is 2.89 bits per heavy atom. The van der Waals surface area contributed by atoms with Crippen LogP contribution in [-0.2, 0) is 11.2 Å². The summed E-state index contributed by atoms with van der Waals surface area (Å²) in [5.41, 5.74) is 2.69. The van der Waals surface area contributed by atoms with E-state index in [1.54, 1.807) is 0 Å². The van der Waals surface area contributed by atoms with Crippen LogP contribution in [0, 0.1) is 5.92 Å². The average Bonchev–Trinajstić information content (AvgIpc) is 2.82. The number of ether oxygens (including phenoxy) is 1. The predicted octanol–water partition coefficient (Wildman–Crippen LogP) is 2.76. The molecule has 0 saturated heterocycles. The zero-order valence-corrected chi connectivity index (χ0v) is 12.5. The Morgan fingerprint density at radius 1 is 1.47 bits per heavy atom. The molecule has 3 unspecified atom stereocenters. The van der Waals surface area contributed by atoms with E-state index in [4.69, 9.17) is 4.74 Å². The van der Waals surface area contributed by atoms with Gasteiger partial charge in [-0.3, -0.25) is 4.98 Å². The normalized spacial score (nSPS) is 21.4. The minimum Gasteiger partial charge on any atom is -0.380 e. The third-order valence-corrected chi connectivity index (χ3v) is 4.16. The van der Waals surface area contributed by atoms with Gasteiger partial charge in [0.25, 0.3) is 0 Å². The molecule has 0 amide bonds. The number of aryl methyl sites for hydroxylation is 1. The molecule has 0 aliphatic heterocycles. The molecule has 1 N–H and O–H groups in total. The summed E-state index contributed by atoms with van der Waals surface area (Å²) >= 11 is 0. The van der Waals surface area contributed by atoms with Crippen molar-refractivity contribution in [2.75, 3.05) is 13.7 Å². The van der Waals surface area contributed by atoms with Crippen molar-refractivity contribution in [2.24, 2.45) is 5.92 Å². The molecule has 1 aliphatic rings. The van der Waals surface area contributed by atoms with Crippen molar-refractivity contribution >= 4 is 0 Å². The molecule has 1 aromatic heterocycles. The number of nitrogens with zero attached hydrogens (tertiary/aromatic N) is 1. The standard InChI is InChI=1S/C16H26N2O/c1-5-17-15(16(19-4)11(2)3)13-9-8-12-7-6-10-18-14(12)13/h6-7,10-11,13,15-17H,5,8-9H2,1-4H3. The highest BCUT2D eigenvalue weighted by molar-refractivity contribution is 5.30. The van der Waals surface area contributed by atoms with Crippen molar-refractivity contribution in [3.05, 3.63) is 29.6 Å². The summed E-state index contributed by atoms with van der Waals surface area (Å²) in [6.45, 7) is 7.59. The quantitative estimate of drug-likeness (QED) is 0.856. The van der Waals surface area contributed by atoms with Crippen molar-refractivity contribution < 1.29 is 4.74 Å². The van der Waals surface area contributed by atoms with Crippen LogP contribution in [0.5, 0.6) is 0 Å². The molecule has 0 bridgehead atoms. The molecule has 19 heavy (non-hydrogen) atoms. The van der Waals surface area contributed by atoms with Crippen molar-refractivity contribution in [1.82, 2.24) is 10.3 Å². The van der Waals surface area contributed by atoms with Crippen molar-refractivity contribution in [1.29, 1.82) is 0 Å². The number of hydrogen-bond donors (Lipinski definition) is 1. The third kappa shape index (κ3) is 2.98. The maximum atomic E-state index is 5.76. The fraction of sp³-hybridized carbons (Fsp3) is 0.688. The SMILES string of the molecule is CCNC(C1CCc2cccnc21)C(OC)C(C)C. The molecule has 0 fully saturated rings. The number of hydrogen-bond acceptors (Lipinski definition) is 3. The van der Waals surface area contributed by atoms with Gasteiger partial charge in [-0.25, -0.2) is 0 Å². The first-order valence-corrected chi connectivity index (χ1v) is 7.39. The molecule has 0 aromatic carbocycles. The fourth-order valence-corrected chi connectivity index (χ4v) is 3.35. The summed E-state index contributed by atoms with van der Waals surface area (Å²) in [4.78, 5) is 4.62. The second kappa shape index (κ2) is 6.49. The summed E-state index contributed by atoms with van der Waals surface area (Å²) in [7, 11) is 1.82. The Balaban J connectivity index is 2.25. The van der Waals surface area contributed by atoms with E-state index in [0.29, 0.717) is 17.9 Å². The van der Waals surface area contributed by atoms with Crippen LogP contribution in [0.25, 0.3) is 0 Å². The molecule has 1 heterocycles. The monoisotopic (exact) mass is 262 g/mol. The number of rotatable bonds is 6. The fourth-order valence-electron chi connectivity index (χ4n) is 3.35. The highest BCUT2D eigenvalue weighted by atomic mass is 16.5. The Kier molecular flexibility index (Phi) is 4.94. The van der Waals surface area contributed by atoms with Crippen LogP contribution < -0.4 is 5.32 Å². The van der Waals surface area contributed by atoms with Crippen LogP contribution in [0.3, 0.4) is 0 Å². The van der Waals surface area contributed by atoms with Crippen molar-refractivity contribution in [2.45, 2.75) is 51.7 Å². The van der Waals surface area contributed by atoms with E-state index in [1.165, 1.54) is 17.7 Å². The lowest BCUT2D eigenvalue weighted by Crippen LogP contribution is -2.47. The van der Waals surface area contributed by atoms with Gasteiger partial charge in [-0.2, -0.15) is 0 Å². The zero-order chi connectivity index (χ0) is 13.8. The van der Waals surface area contributed by atoms with Gasteiger partial charge in [0.1, 0.15) is 0 Å². The molecular formula is C16H26N2O. The van der Waals surface area contributed by atoms with E-state index in [1.807, 2.05) is 19.4 Å². The van der Waals surface area contributed by atoms with Gasteiger partial charge in [-0.15, -0.1) is 0 Å². The van der Waals surface area contributed by atoms with Gasteiger partial charge >= 0.3 is 0 Å². The lowest BCUT2D eigenvalue weighted by Gasteiger charge is -2.34. The van der Waals surface area contributed by atoms with E-state index in [2.05, 4.69) is 37.1 Å². The Bertz CT molecular complexity index is 405. The minimum absolute atomic E-state index is 0.234. The van der Waals surface area contributed by atoms with E-state index < -0.39 is 0 Å². The number of methoxy groups -OCH3 is 1. The van der Waals surface area contributed by atoms with Crippen molar-refractivity contribution in [3.63, 3.8) is 0 Å². The Labute approximate surface area is 116 Å². The Hall–Kier alpha value is -0.930. The first-order valence-electron chi connectivity index (χ1n) is 7.39. The summed E-state index contributed by atoms with van der Waals surface area (Å²) in [5.74, 6) is 0.977. The Morgan fingerprint density at radius 2 is 2.26 bits per heavy atom. The largest absolute Gasteiger partial charge is 0.380 e. The molecule has 3 heteroatoms. The summed E-state index contributed by atoms with van der Waals surface area (Å²) < 4.78 is 5.76. The lowest BCUT2D eigenvalue weighted by atomic mass is 9.87. The minimum atomic E-state index is 0.234. The maximum Gasteiger partial charge on any atom is 0.0753 e. The van der Waals surface area contributed by atoms with Crippen LogP contribution >= 0.6 is 0 Å². The molecule has 2 rings (SSSR count). The average molecular weight is 262 g/mol.